The van der Waals surface area contributed by atoms with Gasteiger partial charge in [0.1, 0.15) is 17.2 Å². The second kappa shape index (κ2) is 6.29. The van der Waals surface area contributed by atoms with Crippen LogP contribution in [-0.2, 0) is 36.0 Å². The molecule has 3 aromatic rings. The predicted molar refractivity (Wildman–Crippen MR) is 95.4 cm³/mol. The topological polar surface area (TPSA) is 82.7 Å². The third-order valence-corrected chi connectivity index (χ3v) is 6.74. The van der Waals surface area contributed by atoms with Gasteiger partial charge in [0.05, 0.1) is 23.0 Å². The molecule has 0 bridgehead atoms. The molecule has 0 radical (unpaired) electrons. The molecular formula is C17H18F3N5O2S. The van der Waals surface area contributed by atoms with E-state index in [0.717, 1.165) is 25.1 Å². The Labute approximate surface area is 159 Å². The third kappa shape index (κ3) is 2.88. The second-order valence-corrected chi connectivity index (χ2v) is 8.94. The first kappa shape index (κ1) is 18.9. The molecular weight excluding hydrogens is 395 g/mol. The van der Waals surface area contributed by atoms with Crippen molar-refractivity contribution in [1.82, 2.24) is 24.1 Å². The van der Waals surface area contributed by atoms with Gasteiger partial charge in [0.15, 0.2) is 20.7 Å². The van der Waals surface area contributed by atoms with Crippen LogP contribution >= 0.6 is 0 Å². The first-order chi connectivity index (χ1) is 13.1. The van der Waals surface area contributed by atoms with E-state index < -0.39 is 21.7 Å². The summed E-state index contributed by atoms with van der Waals surface area (Å²) in [5, 5.41) is 0.0899. The van der Waals surface area contributed by atoms with Crippen molar-refractivity contribution in [3.05, 3.63) is 23.8 Å². The van der Waals surface area contributed by atoms with E-state index in [-0.39, 0.29) is 27.8 Å². The van der Waals surface area contributed by atoms with Gasteiger partial charge >= 0.3 is 6.18 Å². The highest BCUT2D eigenvalue weighted by atomic mass is 32.2. The van der Waals surface area contributed by atoms with Crippen LogP contribution in [0, 0.1) is 0 Å². The average Bonchev–Trinajstić information content (AvgIpc) is 3.19. The number of aryl methyl sites for hydroxylation is 2. The lowest BCUT2D eigenvalue weighted by Gasteiger charge is -2.16. The molecule has 1 aliphatic heterocycles. The van der Waals surface area contributed by atoms with E-state index >= 15 is 0 Å². The van der Waals surface area contributed by atoms with Gasteiger partial charge in [0.2, 0.25) is 0 Å². The largest absolute Gasteiger partial charge is 0.433 e. The Kier molecular flexibility index (Phi) is 4.25. The van der Waals surface area contributed by atoms with Gasteiger partial charge in [-0.15, -0.1) is 0 Å². The summed E-state index contributed by atoms with van der Waals surface area (Å²) >= 11 is 0. The van der Waals surface area contributed by atoms with E-state index in [2.05, 4.69) is 15.0 Å². The minimum Gasteiger partial charge on any atom is -0.324 e. The molecule has 3 aromatic heterocycles. The maximum absolute atomic E-state index is 13.0. The van der Waals surface area contributed by atoms with Crippen LogP contribution in [-0.4, -0.2) is 38.3 Å². The SMILES string of the molecule is CCS(=O)(=O)c1c(-c2nc3cc(C(F)(F)F)ncc3n2C)nc2n1CCCC2. The standard InChI is InChI=1S/C17H18F3N5O2S/c1-3-28(26,27)16-14(23-13-6-4-5-7-25(13)16)15-22-10-8-12(17(18,19)20)21-9-11(10)24(15)2/h8-9H,3-7H2,1-2H3. The van der Waals surface area contributed by atoms with Gasteiger partial charge in [-0.1, -0.05) is 6.92 Å². The van der Waals surface area contributed by atoms with E-state index in [1.165, 1.54) is 4.57 Å². The van der Waals surface area contributed by atoms with Gasteiger partial charge in [-0.25, -0.2) is 23.4 Å². The Morgan fingerprint density at radius 2 is 1.96 bits per heavy atom. The maximum atomic E-state index is 13.0. The summed E-state index contributed by atoms with van der Waals surface area (Å²) in [4.78, 5) is 12.3. The van der Waals surface area contributed by atoms with Crippen LogP contribution in [0.25, 0.3) is 22.6 Å². The van der Waals surface area contributed by atoms with Crippen molar-refractivity contribution in [2.45, 2.75) is 43.9 Å². The van der Waals surface area contributed by atoms with Crippen molar-refractivity contribution in [3.63, 3.8) is 0 Å². The molecule has 0 aliphatic carbocycles. The number of alkyl halides is 3. The number of rotatable bonds is 3. The molecule has 0 spiro atoms. The zero-order valence-electron chi connectivity index (χ0n) is 15.3. The molecule has 11 heteroatoms. The van der Waals surface area contributed by atoms with Crippen molar-refractivity contribution in [2.24, 2.45) is 7.05 Å². The van der Waals surface area contributed by atoms with Crippen LogP contribution in [0.15, 0.2) is 17.3 Å². The number of imidazole rings is 2. The summed E-state index contributed by atoms with van der Waals surface area (Å²) in [6.45, 7) is 2.09. The molecule has 4 heterocycles. The highest BCUT2D eigenvalue weighted by Crippen LogP contribution is 2.34. The fourth-order valence-corrected chi connectivity index (χ4v) is 4.75. The normalized spacial score (nSPS) is 15.2. The van der Waals surface area contributed by atoms with Gasteiger partial charge in [0, 0.05) is 20.0 Å². The lowest BCUT2D eigenvalue weighted by atomic mass is 10.2. The minimum absolute atomic E-state index is 0.0886. The molecule has 1 aliphatic rings. The van der Waals surface area contributed by atoms with Gasteiger partial charge in [-0.3, -0.25) is 0 Å². The van der Waals surface area contributed by atoms with Gasteiger partial charge in [-0.2, -0.15) is 13.2 Å². The Hall–Kier alpha value is -2.43. The van der Waals surface area contributed by atoms with Crippen LogP contribution in [0.5, 0.6) is 0 Å². The number of pyridine rings is 1. The van der Waals surface area contributed by atoms with Gasteiger partial charge in [-0.05, 0) is 18.9 Å². The highest BCUT2D eigenvalue weighted by Gasteiger charge is 2.34. The number of halogens is 3. The van der Waals surface area contributed by atoms with Crippen LogP contribution in [0.4, 0.5) is 13.2 Å². The molecule has 28 heavy (non-hydrogen) atoms. The van der Waals surface area contributed by atoms with E-state index in [1.54, 1.807) is 18.5 Å². The molecule has 0 N–H and O–H groups in total. The number of hydrogen-bond donors (Lipinski definition) is 0. The quantitative estimate of drug-likeness (QED) is 0.659. The van der Waals surface area contributed by atoms with Crippen molar-refractivity contribution in [1.29, 1.82) is 0 Å². The number of sulfone groups is 1. The van der Waals surface area contributed by atoms with Crippen molar-refractivity contribution in [3.8, 4) is 11.5 Å². The molecule has 7 nitrogen and oxygen atoms in total. The summed E-state index contributed by atoms with van der Waals surface area (Å²) < 4.78 is 67.7. The fourth-order valence-electron chi connectivity index (χ4n) is 3.51. The molecule has 0 aromatic carbocycles. The van der Waals surface area contributed by atoms with Gasteiger partial charge in [0.25, 0.3) is 0 Å². The lowest BCUT2D eigenvalue weighted by Crippen LogP contribution is -2.17. The Morgan fingerprint density at radius 1 is 1.21 bits per heavy atom. The molecule has 0 fully saturated rings. The van der Waals surface area contributed by atoms with Crippen LogP contribution in [0.2, 0.25) is 0 Å². The zero-order valence-corrected chi connectivity index (χ0v) is 16.1. The molecule has 0 saturated carbocycles. The number of fused-ring (bicyclic) bond motifs is 2. The predicted octanol–water partition coefficient (Wildman–Crippen LogP) is 2.98. The summed E-state index contributed by atoms with van der Waals surface area (Å²) in [6.07, 6.45) is -1.09. The smallest absolute Gasteiger partial charge is 0.324 e. The first-order valence-electron chi connectivity index (χ1n) is 8.85. The van der Waals surface area contributed by atoms with Crippen molar-refractivity contribution in [2.75, 3.05) is 5.75 Å². The highest BCUT2D eigenvalue weighted by molar-refractivity contribution is 7.91. The Bertz CT molecular complexity index is 1180. The summed E-state index contributed by atoms with van der Waals surface area (Å²) in [5.41, 5.74) is -0.402. The van der Waals surface area contributed by atoms with E-state index in [1.807, 2.05) is 0 Å². The molecule has 4 rings (SSSR count). The van der Waals surface area contributed by atoms with Crippen LogP contribution < -0.4 is 0 Å². The molecule has 0 saturated heterocycles. The fraction of sp³-hybridized carbons (Fsp3) is 0.471. The molecule has 150 valence electrons. The molecule has 0 atom stereocenters. The van der Waals surface area contributed by atoms with Crippen molar-refractivity contribution >= 4 is 20.9 Å². The zero-order chi connectivity index (χ0) is 20.3. The Morgan fingerprint density at radius 3 is 2.64 bits per heavy atom. The minimum atomic E-state index is -4.59. The maximum Gasteiger partial charge on any atom is 0.433 e. The first-order valence-corrected chi connectivity index (χ1v) is 10.5. The van der Waals surface area contributed by atoms with E-state index in [4.69, 9.17) is 0 Å². The summed E-state index contributed by atoms with van der Waals surface area (Å²) in [6, 6.07) is 0.864. The third-order valence-electron chi connectivity index (χ3n) is 4.98. The summed E-state index contributed by atoms with van der Waals surface area (Å²) in [5.74, 6) is 0.772. The van der Waals surface area contributed by atoms with Crippen molar-refractivity contribution < 1.29 is 21.6 Å². The van der Waals surface area contributed by atoms with Gasteiger partial charge < -0.3 is 9.13 Å². The van der Waals surface area contributed by atoms with E-state index in [0.29, 0.717) is 24.3 Å². The monoisotopic (exact) mass is 413 g/mol. The molecule has 0 amide bonds. The molecule has 0 unspecified atom stereocenters. The van der Waals surface area contributed by atoms with E-state index in [9.17, 15) is 21.6 Å². The number of hydrogen-bond acceptors (Lipinski definition) is 5. The number of nitrogens with zero attached hydrogens (tertiary/aromatic N) is 5. The Balaban J connectivity index is 1.98. The van der Waals surface area contributed by atoms with Crippen LogP contribution in [0.3, 0.4) is 0 Å². The summed E-state index contributed by atoms with van der Waals surface area (Å²) in [7, 11) is -2.00. The number of aromatic nitrogens is 5. The second-order valence-electron chi connectivity index (χ2n) is 6.74. The average molecular weight is 413 g/mol. The van der Waals surface area contributed by atoms with Crippen LogP contribution in [0.1, 0.15) is 31.3 Å². The lowest BCUT2D eigenvalue weighted by molar-refractivity contribution is -0.141.